The summed E-state index contributed by atoms with van der Waals surface area (Å²) in [4.78, 5) is 4.26. The lowest BCUT2D eigenvalue weighted by Crippen LogP contribution is -2.04. The van der Waals surface area contributed by atoms with Crippen LogP contribution in [0.2, 0.25) is 5.02 Å². The summed E-state index contributed by atoms with van der Waals surface area (Å²) in [6.07, 6.45) is 0.503. The van der Waals surface area contributed by atoms with Crippen molar-refractivity contribution >= 4 is 38.4 Å². The molecule has 0 radical (unpaired) electrons. The molecule has 0 bridgehead atoms. The van der Waals surface area contributed by atoms with Crippen molar-refractivity contribution in [2.24, 2.45) is 0 Å². The van der Waals surface area contributed by atoms with Crippen LogP contribution in [0.1, 0.15) is 17.2 Å². The van der Waals surface area contributed by atoms with Crippen LogP contribution >= 0.6 is 27.5 Å². The van der Waals surface area contributed by atoms with Gasteiger partial charge in [-0.25, -0.2) is 4.39 Å². The van der Waals surface area contributed by atoms with Gasteiger partial charge in [-0.15, -0.1) is 0 Å². The minimum Gasteiger partial charge on any atom is -0.383 e. The van der Waals surface area contributed by atoms with Gasteiger partial charge < -0.3 is 5.11 Å². The second-order valence-electron chi connectivity index (χ2n) is 4.60. The van der Waals surface area contributed by atoms with Gasteiger partial charge in [0.05, 0.1) is 5.52 Å². The Kier molecular flexibility index (Phi) is 3.93. The molecule has 3 aromatic rings. The summed E-state index contributed by atoms with van der Waals surface area (Å²) in [5.74, 6) is -0.468. The lowest BCUT2D eigenvalue weighted by atomic mass is 9.98. The molecule has 5 heteroatoms. The summed E-state index contributed by atoms with van der Waals surface area (Å²) in [5, 5.41) is 11.8. The van der Waals surface area contributed by atoms with Crippen LogP contribution in [0.4, 0.5) is 4.39 Å². The second-order valence-corrected chi connectivity index (χ2v) is 5.93. The van der Waals surface area contributed by atoms with Gasteiger partial charge in [-0.05, 0) is 36.4 Å². The summed E-state index contributed by atoms with van der Waals surface area (Å²) in [6.45, 7) is 0. The molecule has 0 spiro atoms. The molecule has 21 heavy (non-hydrogen) atoms. The van der Waals surface area contributed by atoms with E-state index in [1.807, 2.05) is 6.07 Å². The first-order chi connectivity index (χ1) is 10.1. The summed E-state index contributed by atoms with van der Waals surface area (Å²) in [5.41, 5.74) is 1.28. The van der Waals surface area contributed by atoms with Gasteiger partial charge in [0.2, 0.25) is 0 Å². The van der Waals surface area contributed by atoms with Crippen molar-refractivity contribution in [3.63, 3.8) is 0 Å². The molecule has 1 unspecified atom stereocenters. The first-order valence-corrected chi connectivity index (χ1v) is 7.41. The zero-order valence-electron chi connectivity index (χ0n) is 10.7. The van der Waals surface area contributed by atoms with Crippen molar-refractivity contribution in [1.29, 1.82) is 0 Å². The lowest BCUT2D eigenvalue weighted by Gasteiger charge is -2.15. The lowest BCUT2D eigenvalue weighted by molar-refractivity contribution is 0.216. The zero-order valence-corrected chi connectivity index (χ0v) is 13.1. The molecule has 0 amide bonds. The standard InChI is InChI=1S/C16H10BrClFNO/c17-9-3-6-14(19)12(8-9)16(21)11-4-5-13(18)10-2-1-7-20-15(10)11/h1-8,16,21H. The van der Waals surface area contributed by atoms with Crippen LogP contribution in [-0.4, -0.2) is 10.1 Å². The first kappa shape index (κ1) is 14.4. The van der Waals surface area contributed by atoms with E-state index in [1.165, 1.54) is 6.07 Å². The highest BCUT2D eigenvalue weighted by molar-refractivity contribution is 9.10. The number of rotatable bonds is 2. The van der Waals surface area contributed by atoms with Crippen LogP contribution in [-0.2, 0) is 0 Å². The molecule has 2 nitrogen and oxygen atoms in total. The van der Waals surface area contributed by atoms with E-state index in [9.17, 15) is 9.50 Å². The molecular formula is C16H10BrClFNO. The minimum atomic E-state index is -1.11. The zero-order chi connectivity index (χ0) is 15.0. The quantitative estimate of drug-likeness (QED) is 0.702. The molecule has 106 valence electrons. The van der Waals surface area contributed by atoms with Crippen LogP contribution in [0.5, 0.6) is 0 Å². The van der Waals surface area contributed by atoms with Gasteiger partial charge >= 0.3 is 0 Å². The van der Waals surface area contributed by atoms with Crippen molar-refractivity contribution < 1.29 is 9.50 Å². The van der Waals surface area contributed by atoms with Gasteiger partial charge in [0.1, 0.15) is 11.9 Å². The number of aliphatic hydroxyl groups is 1. The minimum absolute atomic E-state index is 0.193. The molecule has 2 aromatic carbocycles. The van der Waals surface area contributed by atoms with E-state index in [0.717, 1.165) is 5.39 Å². The number of aliphatic hydroxyl groups excluding tert-OH is 1. The van der Waals surface area contributed by atoms with Crippen LogP contribution in [0, 0.1) is 5.82 Å². The Labute approximate surface area is 134 Å². The highest BCUT2D eigenvalue weighted by Crippen LogP contribution is 2.33. The van der Waals surface area contributed by atoms with Crippen LogP contribution in [0.3, 0.4) is 0 Å². The maximum atomic E-state index is 14.0. The van der Waals surface area contributed by atoms with Crippen molar-refractivity contribution in [2.75, 3.05) is 0 Å². The number of hydrogen-bond acceptors (Lipinski definition) is 2. The Hall–Kier alpha value is -1.49. The predicted molar refractivity (Wildman–Crippen MR) is 84.9 cm³/mol. The van der Waals surface area contributed by atoms with Crippen LogP contribution < -0.4 is 0 Å². The topological polar surface area (TPSA) is 33.1 Å². The molecule has 0 saturated heterocycles. The molecule has 0 saturated carbocycles. The van der Waals surface area contributed by atoms with E-state index >= 15 is 0 Å². The fourth-order valence-electron chi connectivity index (χ4n) is 2.27. The molecule has 1 N–H and O–H groups in total. The van der Waals surface area contributed by atoms with Crippen molar-refractivity contribution in [3.05, 3.63) is 75.1 Å². The third-order valence-corrected chi connectivity index (χ3v) is 4.12. The van der Waals surface area contributed by atoms with Gasteiger partial charge in [-0.3, -0.25) is 4.98 Å². The smallest absolute Gasteiger partial charge is 0.129 e. The predicted octanol–water partition coefficient (Wildman–Crippen LogP) is 4.87. The summed E-state index contributed by atoms with van der Waals surface area (Å²) in [6, 6.07) is 11.4. The van der Waals surface area contributed by atoms with Gasteiger partial charge in [0, 0.05) is 32.2 Å². The third kappa shape index (κ3) is 2.67. The third-order valence-electron chi connectivity index (χ3n) is 3.29. The molecule has 0 fully saturated rings. The van der Waals surface area contributed by atoms with E-state index < -0.39 is 11.9 Å². The number of hydrogen-bond donors (Lipinski definition) is 1. The fourth-order valence-corrected chi connectivity index (χ4v) is 2.87. The average molecular weight is 367 g/mol. The van der Waals surface area contributed by atoms with Gasteiger partial charge in [-0.2, -0.15) is 0 Å². The Morgan fingerprint density at radius 1 is 1.14 bits per heavy atom. The normalized spacial score (nSPS) is 12.6. The van der Waals surface area contributed by atoms with Gasteiger partial charge in [-0.1, -0.05) is 33.6 Å². The molecule has 3 rings (SSSR count). The number of benzene rings is 2. The molecule has 1 atom stereocenters. The molecule has 0 aliphatic carbocycles. The number of aromatic nitrogens is 1. The highest BCUT2D eigenvalue weighted by Gasteiger charge is 2.19. The summed E-state index contributed by atoms with van der Waals surface area (Å²) in [7, 11) is 0. The highest BCUT2D eigenvalue weighted by atomic mass is 79.9. The number of nitrogens with zero attached hydrogens (tertiary/aromatic N) is 1. The Balaban J connectivity index is 2.20. The maximum Gasteiger partial charge on any atom is 0.129 e. The van der Waals surface area contributed by atoms with Crippen LogP contribution in [0.15, 0.2) is 53.1 Å². The molecular weight excluding hydrogens is 357 g/mol. The fraction of sp³-hybridized carbons (Fsp3) is 0.0625. The SMILES string of the molecule is OC(c1cc(Br)ccc1F)c1ccc(Cl)c2cccnc12. The van der Waals surface area contributed by atoms with Crippen LogP contribution in [0.25, 0.3) is 10.9 Å². The Bertz CT molecular complexity index is 824. The summed E-state index contributed by atoms with van der Waals surface area (Å²) >= 11 is 9.42. The first-order valence-electron chi connectivity index (χ1n) is 6.24. The van der Waals surface area contributed by atoms with E-state index in [2.05, 4.69) is 20.9 Å². The van der Waals surface area contributed by atoms with Crippen molar-refractivity contribution in [3.8, 4) is 0 Å². The van der Waals surface area contributed by atoms with Gasteiger partial charge in [0.25, 0.3) is 0 Å². The van der Waals surface area contributed by atoms with Crippen molar-refractivity contribution in [1.82, 2.24) is 4.98 Å². The van der Waals surface area contributed by atoms with E-state index in [-0.39, 0.29) is 5.56 Å². The van der Waals surface area contributed by atoms with E-state index in [1.54, 1.807) is 36.5 Å². The molecule has 0 aliphatic heterocycles. The van der Waals surface area contributed by atoms with E-state index in [0.29, 0.717) is 20.6 Å². The van der Waals surface area contributed by atoms with E-state index in [4.69, 9.17) is 11.6 Å². The maximum absolute atomic E-state index is 14.0. The summed E-state index contributed by atoms with van der Waals surface area (Å²) < 4.78 is 14.7. The Morgan fingerprint density at radius 3 is 2.76 bits per heavy atom. The molecule has 1 heterocycles. The number of pyridine rings is 1. The average Bonchev–Trinajstić information content (AvgIpc) is 2.50. The Morgan fingerprint density at radius 2 is 1.95 bits per heavy atom. The monoisotopic (exact) mass is 365 g/mol. The largest absolute Gasteiger partial charge is 0.383 e. The van der Waals surface area contributed by atoms with Gasteiger partial charge in [0.15, 0.2) is 0 Å². The second kappa shape index (κ2) is 5.72. The number of halogens is 3. The molecule has 1 aromatic heterocycles. The van der Waals surface area contributed by atoms with Crippen molar-refractivity contribution in [2.45, 2.75) is 6.10 Å². The number of fused-ring (bicyclic) bond motifs is 1. The molecule has 0 aliphatic rings.